The van der Waals surface area contributed by atoms with E-state index in [-0.39, 0.29) is 0 Å². The summed E-state index contributed by atoms with van der Waals surface area (Å²) in [5.74, 6) is 0. The van der Waals surface area contributed by atoms with Gasteiger partial charge in [-0.2, -0.15) is 12.1 Å². The van der Waals surface area contributed by atoms with Crippen LogP contribution in [0.3, 0.4) is 0 Å². The van der Waals surface area contributed by atoms with Crippen LogP contribution in [0, 0.1) is 13.8 Å². The van der Waals surface area contributed by atoms with Crippen LogP contribution in [0.4, 0.5) is 0 Å². The minimum Gasteiger partial charge on any atom is -0.165 e. The van der Waals surface area contributed by atoms with E-state index in [2.05, 4.69) is 110 Å². The van der Waals surface area contributed by atoms with E-state index < -0.39 is 18.9 Å². The standard InChI is InChI=1S/2C14H11S.C3H6.2ClH.Zr/c2*1-10-8-11-4-2-5-12(13(11)9-10)14-6-3-7-15-14;1-3-2;;;/h2*2-9H,1H3;1-2H3;2*1H;/q2*-1;;;;+2/p-2. The first kappa shape index (κ1) is 27.4. The van der Waals surface area contributed by atoms with Crippen molar-refractivity contribution in [1.29, 1.82) is 0 Å². The summed E-state index contributed by atoms with van der Waals surface area (Å²) in [5, 5.41) is 9.69. The third kappa shape index (κ3) is 6.82. The fourth-order valence-corrected chi connectivity index (χ4v) is 5.59. The van der Waals surface area contributed by atoms with Crippen molar-refractivity contribution in [1.82, 2.24) is 0 Å². The van der Waals surface area contributed by atoms with Crippen LogP contribution in [0.1, 0.15) is 25.0 Å². The maximum Gasteiger partial charge on any atom is 0.0248 e. The molecule has 0 N–H and O–H groups in total. The maximum atomic E-state index is 5.54. The Balaban J connectivity index is 0.000000139. The Morgan fingerprint density at radius 3 is 1.42 bits per heavy atom. The number of hydrogen-bond acceptors (Lipinski definition) is 2. The summed E-state index contributed by atoms with van der Waals surface area (Å²) < 4.78 is 1.24. The maximum absolute atomic E-state index is 5.54. The number of thiophene rings is 2. The van der Waals surface area contributed by atoms with Crippen molar-refractivity contribution in [2.75, 3.05) is 0 Å². The molecule has 0 aliphatic rings. The average molecular weight is 627 g/mol. The molecule has 2 aromatic heterocycles. The van der Waals surface area contributed by atoms with Crippen LogP contribution in [0.15, 0.2) is 95.7 Å². The SMILES string of the molecule is C[C](C)=[Zr]([Cl])[Cl].Cc1cc2c(-c3cccs3)cccc2[cH-]1.Cc1cc2c(-c3cccs3)cccc2[cH-]1. The number of fused-ring (bicyclic) bond motifs is 2. The van der Waals surface area contributed by atoms with Gasteiger partial charge in [0, 0.05) is 9.75 Å². The molecule has 4 aromatic carbocycles. The first-order chi connectivity index (χ1) is 17.3. The zero-order valence-corrected chi connectivity index (χ0v) is 26.4. The fraction of sp³-hybridized carbons (Fsp3) is 0.129. The van der Waals surface area contributed by atoms with Crippen LogP contribution < -0.4 is 0 Å². The zero-order chi connectivity index (χ0) is 25.7. The number of halogens is 2. The van der Waals surface area contributed by atoms with Gasteiger partial charge in [-0.15, -0.1) is 91.7 Å². The van der Waals surface area contributed by atoms with Gasteiger partial charge in [0.2, 0.25) is 0 Å². The van der Waals surface area contributed by atoms with Crippen LogP contribution >= 0.6 is 39.7 Å². The van der Waals surface area contributed by atoms with Gasteiger partial charge < -0.3 is 0 Å². The molecule has 0 saturated carbocycles. The molecule has 0 fully saturated rings. The van der Waals surface area contributed by atoms with Gasteiger partial charge in [-0.3, -0.25) is 0 Å². The topological polar surface area (TPSA) is 0 Å². The fourth-order valence-electron chi connectivity index (χ4n) is 4.06. The monoisotopic (exact) mass is 624 g/mol. The largest absolute Gasteiger partial charge is 0.165 e. The number of rotatable bonds is 2. The molecule has 0 amide bonds. The van der Waals surface area contributed by atoms with Crippen molar-refractivity contribution in [3.05, 3.63) is 107 Å². The first-order valence-electron chi connectivity index (χ1n) is 11.7. The summed E-state index contributed by atoms with van der Waals surface area (Å²) in [6.45, 7) is 8.26. The van der Waals surface area contributed by atoms with Gasteiger partial charge in [0.05, 0.1) is 0 Å². The number of benzene rings is 2. The van der Waals surface area contributed by atoms with E-state index in [0.29, 0.717) is 0 Å². The van der Waals surface area contributed by atoms with Crippen molar-refractivity contribution in [2.24, 2.45) is 0 Å². The Bertz CT molecular complexity index is 1450. The van der Waals surface area contributed by atoms with E-state index in [4.69, 9.17) is 17.0 Å². The van der Waals surface area contributed by atoms with Gasteiger partial charge in [-0.25, -0.2) is 0 Å². The molecule has 0 bridgehead atoms. The molecule has 0 atom stereocenters. The summed E-state index contributed by atoms with van der Waals surface area (Å²) in [7, 11) is 11.1. The van der Waals surface area contributed by atoms with Crippen LogP contribution in [0.5, 0.6) is 0 Å². The Morgan fingerprint density at radius 1 is 0.667 bits per heavy atom. The van der Waals surface area contributed by atoms with E-state index in [1.807, 2.05) is 13.8 Å². The zero-order valence-electron chi connectivity index (χ0n) is 20.8. The predicted octanol–water partition coefficient (Wildman–Crippen LogP) is 11.3. The summed E-state index contributed by atoms with van der Waals surface area (Å²) in [5.41, 5.74) is 5.40. The minimum atomic E-state index is -1.84. The van der Waals surface area contributed by atoms with Crippen molar-refractivity contribution in [3.63, 3.8) is 0 Å². The Labute approximate surface area is 236 Å². The van der Waals surface area contributed by atoms with Crippen molar-refractivity contribution in [3.8, 4) is 20.9 Å². The molecular formula is C31H28Cl2S2Zr-2. The third-order valence-corrected chi connectivity index (χ3v) is 13.9. The molecule has 2 heterocycles. The summed E-state index contributed by atoms with van der Waals surface area (Å²) >= 11 is 1.76. The molecule has 184 valence electrons. The molecule has 0 spiro atoms. The second-order valence-corrected chi connectivity index (χ2v) is 20.1. The van der Waals surface area contributed by atoms with E-state index in [0.717, 1.165) is 0 Å². The van der Waals surface area contributed by atoms with Crippen LogP contribution in [-0.4, -0.2) is 3.21 Å². The van der Waals surface area contributed by atoms with E-state index in [9.17, 15) is 0 Å². The Hall–Kier alpha value is -1.61. The van der Waals surface area contributed by atoms with E-state index in [1.54, 1.807) is 22.7 Å². The van der Waals surface area contributed by atoms with Crippen molar-refractivity contribution >= 4 is 64.5 Å². The van der Waals surface area contributed by atoms with Crippen LogP contribution in [0.25, 0.3) is 42.4 Å². The molecule has 0 radical (unpaired) electrons. The first-order valence-corrected chi connectivity index (χ1v) is 21.0. The van der Waals surface area contributed by atoms with Gasteiger partial charge in [0.25, 0.3) is 0 Å². The predicted molar refractivity (Wildman–Crippen MR) is 163 cm³/mol. The summed E-state index contributed by atoms with van der Waals surface area (Å²) in [6.07, 6.45) is 0. The van der Waals surface area contributed by atoms with E-state index >= 15 is 0 Å². The van der Waals surface area contributed by atoms with Gasteiger partial charge in [-0.1, -0.05) is 49.2 Å². The normalized spacial score (nSPS) is 10.5. The smallest absolute Gasteiger partial charge is 0.0248 e. The average Bonchev–Trinajstić information content (AvgIpc) is 3.65. The van der Waals surface area contributed by atoms with Gasteiger partial charge in [0.15, 0.2) is 0 Å². The van der Waals surface area contributed by atoms with Crippen molar-refractivity contribution < 1.29 is 18.9 Å². The Morgan fingerprint density at radius 2 is 1.08 bits per heavy atom. The molecule has 5 heteroatoms. The minimum absolute atomic E-state index is 1.24. The van der Waals surface area contributed by atoms with Crippen molar-refractivity contribution in [2.45, 2.75) is 27.7 Å². The third-order valence-electron chi connectivity index (χ3n) is 5.74. The second kappa shape index (κ2) is 12.8. The van der Waals surface area contributed by atoms with Crippen LogP contribution in [0.2, 0.25) is 0 Å². The molecule has 0 nitrogen and oxygen atoms in total. The molecule has 6 rings (SSSR count). The molecule has 0 aliphatic heterocycles. The summed E-state index contributed by atoms with van der Waals surface area (Å²) in [4.78, 5) is 2.71. The van der Waals surface area contributed by atoms with Gasteiger partial charge >= 0.3 is 53.0 Å². The number of hydrogen-bond donors (Lipinski definition) is 0. The van der Waals surface area contributed by atoms with Crippen LogP contribution in [-0.2, 0) is 18.9 Å². The second-order valence-electron chi connectivity index (χ2n) is 8.90. The molecule has 36 heavy (non-hydrogen) atoms. The quantitative estimate of drug-likeness (QED) is 0.168. The molecule has 0 unspecified atom stereocenters. The molecule has 0 saturated heterocycles. The van der Waals surface area contributed by atoms with Gasteiger partial charge in [0.1, 0.15) is 0 Å². The van der Waals surface area contributed by atoms with Gasteiger partial charge in [-0.05, 0) is 22.9 Å². The number of aryl methyl sites for hydroxylation is 2. The Kier molecular flexibility index (Phi) is 9.73. The molecular weight excluding hydrogens is 599 g/mol. The van der Waals surface area contributed by atoms with E-state index in [1.165, 1.54) is 56.8 Å². The molecule has 6 aromatic rings. The molecule has 0 aliphatic carbocycles. The summed E-state index contributed by atoms with van der Waals surface area (Å²) in [6, 6.07) is 30.6.